The maximum Gasteiger partial charge on any atom is 0.340 e. The first kappa shape index (κ1) is 20.6. The number of hydrazone groups is 1. The third-order valence-corrected chi connectivity index (χ3v) is 5.14. The van der Waals surface area contributed by atoms with E-state index >= 15 is 0 Å². The number of pyridine rings is 1. The van der Waals surface area contributed by atoms with Crippen LogP contribution in [0.25, 0.3) is 0 Å². The Bertz CT molecular complexity index is 958. The van der Waals surface area contributed by atoms with Crippen LogP contribution in [0.3, 0.4) is 0 Å². The molecule has 8 heteroatoms. The van der Waals surface area contributed by atoms with Gasteiger partial charge in [0.2, 0.25) is 0 Å². The summed E-state index contributed by atoms with van der Waals surface area (Å²) in [5.74, 6) is -0.429. The van der Waals surface area contributed by atoms with Crippen molar-refractivity contribution in [1.82, 2.24) is 9.82 Å². The number of rotatable bonds is 6. The van der Waals surface area contributed by atoms with Crippen LogP contribution in [0, 0.1) is 20.8 Å². The number of carbonyl (C=O) groups excluding carboxylic acids is 1. The van der Waals surface area contributed by atoms with E-state index in [4.69, 9.17) is 4.74 Å². The Morgan fingerprint density at radius 2 is 1.81 bits per heavy atom. The lowest BCUT2D eigenvalue weighted by molar-refractivity contribution is 0.0524. The minimum atomic E-state index is -3.77. The minimum absolute atomic E-state index is 0.127. The largest absolute Gasteiger partial charge is 0.462 e. The van der Waals surface area contributed by atoms with Crippen LogP contribution >= 0.6 is 0 Å². The van der Waals surface area contributed by atoms with Gasteiger partial charge in [-0.1, -0.05) is 17.7 Å². The summed E-state index contributed by atoms with van der Waals surface area (Å²) in [6.45, 7) is 9.01. The van der Waals surface area contributed by atoms with Gasteiger partial charge in [0.05, 0.1) is 34.2 Å². The third-order valence-electron chi connectivity index (χ3n) is 3.91. The van der Waals surface area contributed by atoms with E-state index in [9.17, 15) is 13.2 Å². The van der Waals surface area contributed by atoms with E-state index in [1.54, 1.807) is 45.9 Å². The Hall–Kier alpha value is -2.74. The van der Waals surface area contributed by atoms with Gasteiger partial charge in [-0.3, -0.25) is 4.98 Å². The highest BCUT2D eigenvalue weighted by Crippen LogP contribution is 2.16. The molecular formula is C19H23N3O4S. The number of nitrogens with one attached hydrogen (secondary N) is 1. The summed E-state index contributed by atoms with van der Waals surface area (Å²) in [5, 5.41) is 3.96. The van der Waals surface area contributed by atoms with Crippen molar-refractivity contribution in [1.29, 1.82) is 0 Å². The van der Waals surface area contributed by atoms with E-state index in [-0.39, 0.29) is 11.5 Å². The van der Waals surface area contributed by atoms with E-state index in [0.29, 0.717) is 28.2 Å². The molecule has 0 unspecified atom stereocenters. The summed E-state index contributed by atoms with van der Waals surface area (Å²) < 4.78 is 29.7. The maximum absolute atomic E-state index is 12.3. The fourth-order valence-corrected chi connectivity index (χ4v) is 3.34. The van der Waals surface area contributed by atoms with Crippen LogP contribution in [0.1, 0.15) is 46.7 Å². The lowest BCUT2D eigenvalue weighted by atomic mass is 10.1. The Morgan fingerprint density at radius 1 is 1.19 bits per heavy atom. The zero-order chi connectivity index (χ0) is 20.2. The van der Waals surface area contributed by atoms with E-state index in [0.717, 1.165) is 5.56 Å². The highest BCUT2D eigenvalue weighted by Gasteiger charge is 2.17. The highest BCUT2D eigenvalue weighted by molar-refractivity contribution is 7.89. The number of ether oxygens (including phenoxy) is 1. The zero-order valence-corrected chi connectivity index (χ0v) is 16.8. The van der Waals surface area contributed by atoms with E-state index in [2.05, 4.69) is 14.9 Å². The van der Waals surface area contributed by atoms with Crippen molar-refractivity contribution >= 4 is 21.7 Å². The molecule has 1 heterocycles. The number of aryl methyl sites for hydroxylation is 3. The van der Waals surface area contributed by atoms with Crippen LogP contribution in [0.15, 0.2) is 40.3 Å². The van der Waals surface area contributed by atoms with E-state index in [1.165, 1.54) is 12.1 Å². The van der Waals surface area contributed by atoms with Crippen molar-refractivity contribution in [2.45, 2.75) is 39.5 Å². The zero-order valence-electron chi connectivity index (χ0n) is 16.0. The van der Waals surface area contributed by atoms with Crippen molar-refractivity contribution in [2.24, 2.45) is 5.10 Å². The maximum atomic E-state index is 12.3. The lowest BCUT2D eigenvalue weighted by Crippen LogP contribution is -2.20. The smallest absolute Gasteiger partial charge is 0.340 e. The van der Waals surface area contributed by atoms with Gasteiger partial charge in [-0.05, 0) is 58.4 Å². The van der Waals surface area contributed by atoms with Gasteiger partial charge in [-0.15, -0.1) is 0 Å². The van der Waals surface area contributed by atoms with Crippen LogP contribution in [0.4, 0.5) is 0 Å². The molecule has 2 rings (SSSR count). The van der Waals surface area contributed by atoms with Crippen molar-refractivity contribution in [3.63, 3.8) is 0 Å². The molecule has 144 valence electrons. The molecular weight excluding hydrogens is 366 g/mol. The monoisotopic (exact) mass is 389 g/mol. The molecule has 0 aliphatic carbocycles. The number of carbonyl (C=O) groups is 1. The molecule has 7 nitrogen and oxygen atoms in total. The van der Waals surface area contributed by atoms with Crippen LogP contribution in [-0.2, 0) is 14.8 Å². The topological polar surface area (TPSA) is 97.7 Å². The van der Waals surface area contributed by atoms with Gasteiger partial charge in [0.25, 0.3) is 10.0 Å². The summed E-state index contributed by atoms with van der Waals surface area (Å²) >= 11 is 0. The summed E-state index contributed by atoms with van der Waals surface area (Å²) in [4.78, 5) is 18.7. The fraction of sp³-hybridized carbons (Fsp3) is 0.316. The second-order valence-corrected chi connectivity index (χ2v) is 7.77. The second-order valence-electron chi connectivity index (χ2n) is 6.11. The first-order chi connectivity index (χ1) is 12.7. The number of hydrogen-bond acceptors (Lipinski definition) is 6. The van der Waals surface area contributed by atoms with Crippen molar-refractivity contribution < 1.29 is 17.9 Å². The van der Waals surface area contributed by atoms with Crippen molar-refractivity contribution in [3.05, 3.63) is 58.4 Å². The predicted octanol–water partition coefficient (Wildman–Crippen LogP) is 2.89. The van der Waals surface area contributed by atoms with Crippen LogP contribution in [-0.4, -0.2) is 31.7 Å². The molecule has 0 aliphatic heterocycles. The molecule has 0 bridgehead atoms. The van der Waals surface area contributed by atoms with Crippen molar-refractivity contribution in [3.8, 4) is 0 Å². The van der Waals surface area contributed by atoms with Gasteiger partial charge < -0.3 is 4.74 Å². The van der Waals surface area contributed by atoms with E-state index < -0.39 is 16.0 Å². The Labute approximate surface area is 159 Å². The Kier molecular flexibility index (Phi) is 6.32. The normalized spacial score (nSPS) is 12.0. The SMILES string of the molecule is CCOC(=O)c1c(C)cc(/C(C)=N/NS(=O)(=O)c2ccc(C)cc2)nc1C. The number of aromatic nitrogens is 1. The van der Waals surface area contributed by atoms with Crippen molar-refractivity contribution in [2.75, 3.05) is 6.61 Å². The second kappa shape index (κ2) is 8.30. The number of nitrogens with zero attached hydrogens (tertiary/aromatic N) is 2. The van der Waals surface area contributed by atoms with Gasteiger partial charge in [0.1, 0.15) is 0 Å². The van der Waals surface area contributed by atoms with Gasteiger partial charge in [0.15, 0.2) is 0 Å². The van der Waals surface area contributed by atoms with Crippen LogP contribution in [0.5, 0.6) is 0 Å². The molecule has 0 spiro atoms. The number of hydrogen-bond donors (Lipinski definition) is 1. The fourth-order valence-electron chi connectivity index (χ4n) is 2.48. The molecule has 1 aromatic carbocycles. The first-order valence-corrected chi connectivity index (χ1v) is 9.92. The number of esters is 1. The summed E-state index contributed by atoms with van der Waals surface area (Å²) in [7, 11) is -3.77. The molecule has 0 fully saturated rings. The summed E-state index contributed by atoms with van der Waals surface area (Å²) in [6, 6.07) is 8.14. The number of benzene rings is 1. The average molecular weight is 389 g/mol. The first-order valence-electron chi connectivity index (χ1n) is 8.44. The molecule has 27 heavy (non-hydrogen) atoms. The average Bonchev–Trinajstić information content (AvgIpc) is 2.59. The quantitative estimate of drug-likeness (QED) is 0.465. The van der Waals surface area contributed by atoms with E-state index in [1.807, 2.05) is 6.92 Å². The highest BCUT2D eigenvalue weighted by atomic mass is 32.2. The Morgan fingerprint density at radius 3 is 2.37 bits per heavy atom. The van der Waals surface area contributed by atoms with Gasteiger partial charge in [-0.2, -0.15) is 18.4 Å². The lowest BCUT2D eigenvalue weighted by Gasteiger charge is -2.11. The Balaban J connectivity index is 2.28. The molecule has 0 saturated heterocycles. The predicted molar refractivity (Wildman–Crippen MR) is 103 cm³/mol. The van der Waals surface area contributed by atoms with Crippen LogP contribution < -0.4 is 4.83 Å². The molecule has 2 aromatic rings. The van der Waals surface area contributed by atoms with Crippen LogP contribution in [0.2, 0.25) is 0 Å². The molecule has 1 N–H and O–H groups in total. The summed E-state index contributed by atoms with van der Waals surface area (Å²) in [5.41, 5.74) is 3.42. The summed E-state index contributed by atoms with van der Waals surface area (Å²) in [6.07, 6.45) is 0. The number of sulfonamides is 1. The standard InChI is InChI=1S/C19H23N3O4S/c1-6-26-19(23)18-13(3)11-17(20-15(18)5)14(4)21-22-27(24,25)16-9-7-12(2)8-10-16/h7-11,22H,6H2,1-5H3/b21-14+. The minimum Gasteiger partial charge on any atom is -0.462 e. The molecule has 1 aromatic heterocycles. The molecule has 0 atom stereocenters. The molecule has 0 aliphatic rings. The molecule has 0 saturated carbocycles. The van der Waals surface area contributed by atoms with Gasteiger partial charge in [0, 0.05) is 0 Å². The third kappa shape index (κ3) is 4.91. The van der Waals surface area contributed by atoms with Gasteiger partial charge >= 0.3 is 5.97 Å². The van der Waals surface area contributed by atoms with Gasteiger partial charge in [-0.25, -0.2) is 4.79 Å². The molecule has 0 amide bonds. The molecule has 0 radical (unpaired) electrons.